The lowest BCUT2D eigenvalue weighted by atomic mass is 10.0. The first kappa shape index (κ1) is 28.2. The predicted octanol–water partition coefficient (Wildman–Crippen LogP) is 5.72. The van der Waals surface area contributed by atoms with E-state index in [9.17, 15) is 9.59 Å². The van der Waals surface area contributed by atoms with Crippen molar-refractivity contribution >= 4 is 23.2 Å². The summed E-state index contributed by atoms with van der Waals surface area (Å²) in [5.74, 6) is 0.508. The fourth-order valence-electron chi connectivity index (χ4n) is 4.52. The third kappa shape index (κ3) is 6.99. The Bertz CT molecular complexity index is 1410. The molecular formula is C33H35N3O4. The third-order valence-corrected chi connectivity index (χ3v) is 6.65. The van der Waals surface area contributed by atoms with Crippen LogP contribution in [-0.2, 0) is 22.6 Å². The molecule has 0 aliphatic heterocycles. The van der Waals surface area contributed by atoms with Crippen molar-refractivity contribution in [2.45, 2.75) is 19.0 Å². The molecule has 0 heterocycles. The molecule has 1 N–H and O–H groups in total. The first-order chi connectivity index (χ1) is 19.4. The van der Waals surface area contributed by atoms with Crippen LogP contribution in [0.5, 0.6) is 11.5 Å². The fourth-order valence-corrected chi connectivity index (χ4v) is 4.52. The van der Waals surface area contributed by atoms with Gasteiger partial charge in [-0.15, -0.1) is 0 Å². The second-order valence-electron chi connectivity index (χ2n) is 9.62. The van der Waals surface area contributed by atoms with Crippen LogP contribution in [0, 0.1) is 0 Å². The van der Waals surface area contributed by atoms with Crippen molar-refractivity contribution in [3.05, 3.63) is 120 Å². The van der Waals surface area contributed by atoms with Crippen LogP contribution in [0.2, 0.25) is 0 Å². The monoisotopic (exact) mass is 537 g/mol. The minimum Gasteiger partial charge on any atom is -0.493 e. The van der Waals surface area contributed by atoms with E-state index >= 15 is 0 Å². The van der Waals surface area contributed by atoms with Gasteiger partial charge in [0.1, 0.15) is 6.04 Å². The van der Waals surface area contributed by atoms with Crippen LogP contribution in [0.25, 0.3) is 0 Å². The third-order valence-electron chi connectivity index (χ3n) is 6.65. The number of carbonyl (C=O) groups is 2. The highest BCUT2D eigenvalue weighted by Gasteiger charge is 2.32. The maximum atomic E-state index is 14.1. The van der Waals surface area contributed by atoms with Crippen molar-refractivity contribution < 1.29 is 19.1 Å². The summed E-state index contributed by atoms with van der Waals surface area (Å²) in [6.07, 6.45) is 0.155. The van der Waals surface area contributed by atoms with Gasteiger partial charge in [0.05, 0.1) is 20.6 Å². The summed E-state index contributed by atoms with van der Waals surface area (Å²) in [4.78, 5) is 31.7. The number of carbonyl (C=O) groups excluding carboxylic acids is 2. The SMILES string of the molecule is COc1ccc(C(C(=O)Nc2ccc(N(C)C)cc2)N(Cc2ccccc2)C(=O)Cc2ccccc2)cc1OC. The van der Waals surface area contributed by atoms with Crippen LogP contribution in [0.3, 0.4) is 0 Å². The second-order valence-corrected chi connectivity index (χ2v) is 9.62. The molecule has 0 saturated carbocycles. The fraction of sp³-hybridized carbons (Fsp3) is 0.212. The van der Waals surface area contributed by atoms with Gasteiger partial charge in [-0.3, -0.25) is 9.59 Å². The quantitative estimate of drug-likeness (QED) is 0.265. The van der Waals surface area contributed by atoms with Gasteiger partial charge < -0.3 is 24.6 Å². The van der Waals surface area contributed by atoms with Crippen molar-refractivity contribution in [1.29, 1.82) is 0 Å². The largest absolute Gasteiger partial charge is 0.493 e. The topological polar surface area (TPSA) is 71.1 Å². The number of benzene rings is 4. The summed E-state index contributed by atoms with van der Waals surface area (Å²) in [5.41, 5.74) is 4.04. The van der Waals surface area contributed by atoms with Crippen LogP contribution in [0.15, 0.2) is 103 Å². The van der Waals surface area contributed by atoms with Crippen LogP contribution >= 0.6 is 0 Å². The van der Waals surface area contributed by atoms with E-state index in [0.29, 0.717) is 22.7 Å². The number of anilines is 2. The molecule has 0 fully saturated rings. The molecule has 40 heavy (non-hydrogen) atoms. The Morgan fingerprint density at radius 2 is 1.35 bits per heavy atom. The van der Waals surface area contributed by atoms with Crippen molar-refractivity contribution in [3.63, 3.8) is 0 Å². The highest BCUT2D eigenvalue weighted by atomic mass is 16.5. The van der Waals surface area contributed by atoms with Crippen molar-refractivity contribution in [2.24, 2.45) is 0 Å². The summed E-state index contributed by atoms with van der Waals surface area (Å²) in [5, 5.41) is 3.03. The molecule has 2 amide bonds. The molecule has 0 saturated heterocycles. The number of nitrogens with one attached hydrogen (secondary N) is 1. The highest BCUT2D eigenvalue weighted by Crippen LogP contribution is 2.34. The van der Waals surface area contributed by atoms with Gasteiger partial charge >= 0.3 is 0 Å². The van der Waals surface area contributed by atoms with E-state index in [1.165, 1.54) is 0 Å². The highest BCUT2D eigenvalue weighted by molar-refractivity contribution is 5.98. The first-order valence-corrected chi connectivity index (χ1v) is 13.1. The van der Waals surface area contributed by atoms with Gasteiger partial charge in [-0.2, -0.15) is 0 Å². The molecule has 4 aromatic rings. The number of ether oxygens (including phenoxy) is 2. The van der Waals surface area contributed by atoms with E-state index in [1.54, 1.807) is 37.3 Å². The molecule has 1 unspecified atom stereocenters. The zero-order chi connectivity index (χ0) is 28.5. The molecule has 0 spiro atoms. The first-order valence-electron chi connectivity index (χ1n) is 13.1. The van der Waals surface area contributed by atoms with Crippen molar-refractivity contribution in [1.82, 2.24) is 4.90 Å². The van der Waals surface area contributed by atoms with Gasteiger partial charge in [-0.25, -0.2) is 0 Å². The zero-order valence-corrected chi connectivity index (χ0v) is 23.3. The molecule has 0 radical (unpaired) electrons. The Morgan fingerprint density at radius 1 is 0.750 bits per heavy atom. The molecule has 4 rings (SSSR count). The summed E-state index contributed by atoms with van der Waals surface area (Å²) < 4.78 is 11.0. The Labute approximate surface area is 236 Å². The summed E-state index contributed by atoms with van der Waals surface area (Å²) in [6.45, 7) is 0.249. The molecule has 0 aliphatic rings. The molecule has 7 nitrogen and oxygen atoms in total. The number of nitrogens with zero attached hydrogens (tertiary/aromatic N) is 2. The molecule has 7 heteroatoms. The predicted molar refractivity (Wildman–Crippen MR) is 159 cm³/mol. The van der Waals surface area contributed by atoms with Gasteiger partial charge in [-0.05, 0) is 53.1 Å². The Morgan fingerprint density at radius 3 is 1.93 bits per heavy atom. The average Bonchev–Trinajstić information content (AvgIpc) is 2.98. The van der Waals surface area contributed by atoms with Crippen LogP contribution in [0.1, 0.15) is 22.7 Å². The van der Waals surface area contributed by atoms with E-state index in [0.717, 1.165) is 16.8 Å². The van der Waals surface area contributed by atoms with E-state index in [2.05, 4.69) is 5.32 Å². The van der Waals surface area contributed by atoms with Gasteiger partial charge in [0.15, 0.2) is 11.5 Å². The smallest absolute Gasteiger partial charge is 0.251 e. The van der Waals surface area contributed by atoms with E-state index in [4.69, 9.17) is 9.47 Å². The average molecular weight is 538 g/mol. The number of methoxy groups -OCH3 is 2. The van der Waals surface area contributed by atoms with Crippen LogP contribution in [-0.4, -0.2) is 45.0 Å². The lowest BCUT2D eigenvalue weighted by Gasteiger charge is -2.32. The van der Waals surface area contributed by atoms with E-state index in [-0.39, 0.29) is 24.8 Å². The molecule has 0 aliphatic carbocycles. The lowest BCUT2D eigenvalue weighted by Crippen LogP contribution is -2.41. The minimum absolute atomic E-state index is 0.155. The summed E-state index contributed by atoms with van der Waals surface area (Å²) in [7, 11) is 7.02. The number of rotatable bonds is 11. The molecule has 0 bridgehead atoms. The van der Waals surface area contributed by atoms with Crippen molar-refractivity contribution in [3.8, 4) is 11.5 Å². The van der Waals surface area contributed by atoms with E-state index in [1.807, 2.05) is 104 Å². The molecular weight excluding hydrogens is 502 g/mol. The zero-order valence-electron chi connectivity index (χ0n) is 23.3. The summed E-state index contributed by atoms with van der Waals surface area (Å²) in [6, 6.07) is 31.2. The second kappa shape index (κ2) is 13.3. The molecule has 0 aromatic heterocycles. The van der Waals surface area contributed by atoms with Gasteiger partial charge in [0.25, 0.3) is 5.91 Å². The molecule has 4 aromatic carbocycles. The number of hydrogen-bond acceptors (Lipinski definition) is 5. The van der Waals surface area contributed by atoms with E-state index < -0.39 is 6.04 Å². The number of hydrogen-bond donors (Lipinski definition) is 1. The minimum atomic E-state index is -0.940. The van der Waals surface area contributed by atoms with Crippen LogP contribution in [0.4, 0.5) is 11.4 Å². The van der Waals surface area contributed by atoms with Gasteiger partial charge in [0, 0.05) is 32.0 Å². The van der Waals surface area contributed by atoms with Crippen LogP contribution < -0.4 is 19.7 Å². The normalized spacial score (nSPS) is 11.3. The Hall–Kier alpha value is -4.78. The maximum Gasteiger partial charge on any atom is 0.251 e. The van der Waals surface area contributed by atoms with Crippen molar-refractivity contribution in [2.75, 3.05) is 38.5 Å². The maximum absolute atomic E-state index is 14.1. The molecule has 1 atom stereocenters. The lowest BCUT2D eigenvalue weighted by molar-refractivity contribution is -0.139. The standard InChI is InChI=1S/C33H35N3O4/c1-35(2)28-18-16-27(17-19-28)34-33(38)32(26-15-20-29(39-3)30(22-26)40-4)36(23-25-13-9-6-10-14-25)31(37)21-24-11-7-5-8-12-24/h5-20,22,32H,21,23H2,1-4H3,(H,34,38). The van der Waals surface area contributed by atoms with Gasteiger partial charge in [-0.1, -0.05) is 66.7 Å². The summed E-state index contributed by atoms with van der Waals surface area (Å²) >= 11 is 0. The Balaban J connectivity index is 1.77. The molecule has 206 valence electrons. The number of amides is 2. The van der Waals surface area contributed by atoms with Gasteiger partial charge in [0.2, 0.25) is 5.91 Å². The Kier molecular flexibility index (Phi) is 9.41.